The van der Waals surface area contributed by atoms with E-state index in [1.54, 1.807) is 18.2 Å². The van der Waals surface area contributed by atoms with Gasteiger partial charge in [0.25, 0.3) is 18.3 Å². The minimum Gasteiger partial charge on any atom is -0.266 e. The molecule has 4 nitrogen and oxygen atoms in total. The number of nitrogens with zero attached hydrogens (tertiary/aromatic N) is 3. The Labute approximate surface area is 141 Å². The van der Waals surface area contributed by atoms with Gasteiger partial charge in [-0.2, -0.15) is 4.68 Å². The van der Waals surface area contributed by atoms with E-state index in [0.29, 0.717) is 12.0 Å². The third-order valence-electron chi connectivity index (χ3n) is 3.60. The molecule has 3 aromatic rings. The van der Waals surface area contributed by atoms with Gasteiger partial charge in [0.1, 0.15) is 0 Å². The summed E-state index contributed by atoms with van der Waals surface area (Å²) in [6.07, 6.45) is -4.69. The van der Waals surface area contributed by atoms with Crippen molar-refractivity contribution < 1.29 is 13.2 Å². The molecule has 7 heteroatoms. The Kier molecular flexibility index (Phi) is 4.92. The van der Waals surface area contributed by atoms with Crippen LogP contribution in [0, 0.1) is 0 Å². The maximum atomic E-state index is 13.5. The zero-order chi connectivity index (χ0) is 17.8. The van der Waals surface area contributed by atoms with Crippen molar-refractivity contribution in [3.63, 3.8) is 0 Å². The lowest BCUT2D eigenvalue weighted by atomic mass is 10.0. The van der Waals surface area contributed by atoms with Gasteiger partial charge in [-0.1, -0.05) is 48.5 Å². The fourth-order valence-corrected chi connectivity index (χ4v) is 2.42. The van der Waals surface area contributed by atoms with Gasteiger partial charge < -0.3 is 0 Å². The molecule has 0 saturated carbocycles. The molecular weight excluding hydrogens is 331 g/mol. The van der Waals surface area contributed by atoms with Gasteiger partial charge in [-0.15, -0.1) is 5.10 Å². The molecule has 3 rings (SSSR count). The summed E-state index contributed by atoms with van der Waals surface area (Å²) >= 11 is 0. The molecule has 1 unspecified atom stereocenters. The lowest BCUT2D eigenvalue weighted by molar-refractivity contribution is -0.00227. The largest absolute Gasteiger partial charge is 0.289 e. The first-order valence-electron chi connectivity index (χ1n) is 7.56. The monoisotopic (exact) mass is 345 g/mol. The predicted molar refractivity (Wildman–Crippen MR) is 87.1 cm³/mol. The Bertz CT molecular complexity index is 913. The molecule has 2 aromatic carbocycles. The third-order valence-corrected chi connectivity index (χ3v) is 3.60. The average molecular weight is 345 g/mol. The predicted octanol–water partition coefficient (Wildman–Crippen LogP) is 3.63. The number of hydrogen-bond donors (Lipinski definition) is 0. The van der Waals surface area contributed by atoms with Crippen LogP contribution in [0.1, 0.15) is 17.4 Å². The summed E-state index contributed by atoms with van der Waals surface area (Å²) in [5.41, 5.74) is 1.56. The molecule has 0 bridgehead atoms. The first-order chi connectivity index (χ1) is 12.0. The van der Waals surface area contributed by atoms with Gasteiger partial charge in [-0.3, -0.25) is 4.79 Å². The summed E-state index contributed by atoms with van der Waals surface area (Å²) in [7, 11) is 0. The molecule has 25 heavy (non-hydrogen) atoms. The highest BCUT2D eigenvalue weighted by Gasteiger charge is 2.24. The second-order valence-electron chi connectivity index (χ2n) is 5.43. The van der Waals surface area contributed by atoms with E-state index in [9.17, 15) is 18.0 Å². The molecule has 0 N–H and O–H groups in total. The maximum absolute atomic E-state index is 13.5. The standard InChI is InChI=1S/C18H14F3N3O/c19-16(20)17(21)24-15(25)11-22-18(23-24)14-8-4-7-13(10-14)9-12-5-2-1-3-6-12/h1-8,10-11,16-17H,9H2. The molecule has 1 atom stereocenters. The maximum Gasteiger partial charge on any atom is 0.289 e. The summed E-state index contributed by atoms with van der Waals surface area (Å²) in [5, 5.41) is 3.65. The molecule has 1 heterocycles. The SMILES string of the molecule is O=c1cnc(-c2cccc(Cc3ccccc3)c2)nn1C(F)C(F)F. The van der Waals surface area contributed by atoms with Crippen LogP contribution in [0.5, 0.6) is 0 Å². The molecule has 0 aliphatic carbocycles. The summed E-state index contributed by atoms with van der Waals surface area (Å²) in [4.78, 5) is 15.4. The van der Waals surface area contributed by atoms with Crippen LogP contribution in [0.3, 0.4) is 0 Å². The Morgan fingerprint density at radius 2 is 1.68 bits per heavy atom. The quantitative estimate of drug-likeness (QED) is 0.709. The second kappa shape index (κ2) is 7.29. The van der Waals surface area contributed by atoms with E-state index < -0.39 is 18.3 Å². The van der Waals surface area contributed by atoms with Crippen LogP contribution >= 0.6 is 0 Å². The van der Waals surface area contributed by atoms with Gasteiger partial charge in [0.05, 0.1) is 6.20 Å². The van der Waals surface area contributed by atoms with E-state index in [-0.39, 0.29) is 10.5 Å². The van der Waals surface area contributed by atoms with Crippen molar-refractivity contribution in [2.75, 3.05) is 0 Å². The van der Waals surface area contributed by atoms with Crippen molar-refractivity contribution in [1.82, 2.24) is 14.8 Å². The van der Waals surface area contributed by atoms with Crippen LogP contribution in [-0.2, 0) is 6.42 Å². The van der Waals surface area contributed by atoms with Crippen LogP contribution in [0.15, 0.2) is 65.6 Å². The Balaban J connectivity index is 1.93. The molecule has 0 spiro atoms. The lowest BCUT2D eigenvalue weighted by Crippen LogP contribution is -2.29. The molecule has 0 saturated heterocycles. The van der Waals surface area contributed by atoms with E-state index in [0.717, 1.165) is 17.3 Å². The third kappa shape index (κ3) is 3.93. The van der Waals surface area contributed by atoms with Crippen LogP contribution in [0.25, 0.3) is 11.4 Å². The van der Waals surface area contributed by atoms with E-state index in [1.807, 2.05) is 36.4 Å². The summed E-state index contributed by atoms with van der Waals surface area (Å²) in [6, 6.07) is 16.9. The molecule has 0 amide bonds. The van der Waals surface area contributed by atoms with Crippen molar-refractivity contribution in [2.24, 2.45) is 0 Å². The van der Waals surface area contributed by atoms with Crippen molar-refractivity contribution in [2.45, 2.75) is 19.1 Å². The van der Waals surface area contributed by atoms with E-state index >= 15 is 0 Å². The minimum absolute atomic E-state index is 0.0119. The van der Waals surface area contributed by atoms with Gasteiger partial charge in [0, 0.05) is 5.56 Å². The summed E-state index contributed by atoms with van der Waals surface area (Å²) in [6.45, 7) is 0. The number of alkyl halides is 3. The van der Waals surface area contributed by atoms with Gasteiger partial charge in [0.15, 0.2) is 5.82 Å². The first-order valence-corrected chi connectivity index (χ1v) is 7.56. The average Bonchev–Trinajstić information content (AvgIpc) is 2.62. The minimum atomic E-state index is -3.34. The number of aromatic nitrogens is 3. The molecule has 0 radical (unpaired) electrons. The van der Waals surface area contributed by atoms with Crippen LogP contribution < -0.4 is 5.56 Å². The number of rotatable bonds is 5. The first kappa shape index (κ1) is 16.9. The molecule has 1 aromatic heterocycles. The molecule has 0 fully saturated rings. The summed E-state index contributed by atoms with van der Waals surface area (Å²) in [5.74, 6) is 0.0119. The Hall–Kier alpha value is -2.96. The number of halogens is 3. The highest BCUT2D eigenvalue weighted by Crippen LogP contribution is 2.20. The van der Waals surface area contributed by atoms with Gasteiger partial charge >= 0.3 is 0 Å². The van der Waals surface area contributed by atoms with E-state index in [4.69, 9.17) is 0 Å². The number of benzene rings is 2. The molecule has 128 valence electrons. The fraction of sp³-hybridized carbons (Fsp3) is 0.167. The smallest absolute Gasteiger partial charge is 0.266 e. The van der Waals surface area contributed by atoms with Crippen LogP contribution in [0.4, 0.5) is 13.2 Å². The van der Waals surface area contributed by atoms with Crippen molar-refractivity contribution >= 4 is 0 Å². The van der Waals surface area contributed by atoms with Crippen molar-refractivity contribution in [3.05, 3.63) is 82.3 Å². The van der Waals surface area contributed by atoms with Crippen molar-refractivity contribution in [3.8, 4) is 11.4 Å². The molecule has 0 aliphatic rings. The van der Waals surface area contributed by atoms with E-state index in [2.05, 4.69) is 10.1 Å². The summed E-state index contributed by atoms with van der Waals surface area (Å²) < 4.78 is 38.7. The van der Waals surface area contributed by atoms with Gasteiger partial charge in [-0.25, -0.2) is 18.2 Å². The van der Waals surface area contributed by atoms with Crippen LogP contribution in [0.2, 0.25) is 0 Å². The van der Waals surface area contributed by atoms with Gasteiger partial charge in [0.2, 0.25) is 0 Å². The second-order valence-corrected chi connectivity index (χ2v) is 5.43. The highest BCUT2D eigenvalue weighted by atomic mass is 19.3. The normalized spacial score (nSPS) is 12.3. The fourth-order valence-electron chi connectivity index (χ4n) is 2.42. The highest BCUT2D eigenvalue weighted by molar-refractivity contribution is 5.55. The van der Waals surface area contributed by atoms with Crippen molar-refractivity contribution in [1.29, 1.82) is 0 Å². The van der Waals surface area contributed by atoms with Gasteiger partial charge in [-0.05, 0) is 23.6 Å². The zero-order valence-electron chi connectivity index (χ0n) is 13.0. The lowest BCUT2D eigenvalue weighted by Gasteiger charge is -2.10. The molecule has 0 aliphatic heterocycles. The zero-order valence-corrected chi connectivity index (χ0v) is 13.0. The topological polar surface area (TPSA) is 47.8 Å². The Morgan fingerprint density at radius 1 is 0.960 bits per heavy atom. The van der Waals surface area contributed by atoms with Crippen LogP contribution in [-0.4, -0.2) is 21.2 Å². The van der Waals surface area contributed by atoms with E-state index in [1.165, 1.54) is 0 Å². The number of hydrogen-bond acceptors (Lipinski definition) is 3. The Morgan fingerprint density at radius 3 is 2.40 bits per heavy atom. The molecular formula is C18H14F3N3O.